The molecule has 7 nitrogen and oxygen atoms in total. The molecule has 2 N–H and O–H groups in total. The highest BCUT2D eigenvalue weighted by molar-refractivity contribution is 5.91. The van der Waals surface area contributed by atoms with E-state index in [0.717, 1.165) is 12.8 Å². The molecule has 1 saturated heterocycles. The van der Waals surface area contributed by atoms with Gasteiger partial charge in [-0.25, -0.2) is 0 Å². The summed E-state index contributed by atoms with van der Waals surface area (Å²) in [5, 5.41) is 0. The molecule has 0 spiro atoms. The fourth-order valence-corrected chi connectivity index (χ4v) is 3.59. The summed E-state index contributed by atoms with van der Waals surface area (Å²) in [5.41, 5.74) is 6.03. The molecule has 0 unspecified atom stereocenters. The Bertz CT molecular complexity index is 572. The van der Waals surface area contributed by atoms with E-state index in [4.69, 9.17) is 14.9 Å². The third-order valence-electron chi connectivity index (χ3n) is 5.11. The highest BCUT2D eigenvalue weighted by Gasteiger charge is 2.35. The van der Waals surface area contributed by atoms with Crippen LogP contribution < -0.4 is 5.73 Å². The van der Waals surface area contributed by atoms with Gasteiger partial charge in [0.2, 0.25) is 5.91 Å². The Morgan fingerprint density at radius 2 is 1.88 bits per heavy atom. The SMILES string of the molecule is CO[C@H]1C[C@@H](C(=O)N2CCN(C(=O)c3ccco3)CC2)CC[C@@H]1N.Cl. The highest BCUT2D eigenvalue weighted by Crippen LogP contribution is 2.27. The van der Waals surface area contributed by atoms with Crippen LogP contribution in [0.15, 0.2) is 22.8 Å². The molecule has 0 aromatic carbocycles. The summed E-state index contributed by atoms with van der Waals surface area (Å²) >= 11 is 0. The Labute approximate surface area is 153 Å². The summed E-state index contributed by atoms with van der Waals surface area (Å²) < 4.78 is 10.6. The molecule has 1 saturated carbocycles. The van der Waals surface area contributed by atoms with E-state index in [1.165, 1.54) is 6.26 Å². The Morgan fingerprint density at radius 1 is 1.20 bits per heavy atom. The molecule has 2 heterocycles. The Kier molecular flexibility index (Phi) is 6.87. The van der Waals surface area contributed by atoms with Crippen molar-refractivity contribution in [3.63, 3.8) is 0 Å². The fourth-order valence-electron chi connectivity index (χ4n) is 3.59. The van der Waals surface area contributed by atoms with Gasteiger partial charge in [-0.15, -0.1) is 12.4 Å². The number of carbonyl (C=O) groups excluding carboxylic acids is 2. The maximum atomic E-state index is 12.7. The fraction of sp³-hybridized carbons (Fsp3) is 0.647. The predicted octanol–water partition coefficient (Wildman–Crippen LogP) is 1.13. The lowest BCUT2D eigenvalue weighted by atomic mass is 9.83. The van der Waals surface area contributed by atoms with Crippen LogP contribution in [0.4, 0.5) is 0 Å². The molecule has 8 heteroatoms. The summed E-state index contributed by atoms with van der Waals surface area (Å²) in [5.74, 6) is 0.366. The minimum Gasteiger partial charge on any atom is -0.459 e. The second kappa shape index (κ2) is 8.69. The number of rotatable bonds is 3. The molecular weight excluding hydrogens is 346 g/mol. The summed E-state index contributed by atoms with van der Waals surface area (Å²) in [6, 6.07) is 3.38. The standard InChI is InChI=1S/C17H25N3O4.ClH/c1-23-15-11-12(4-5-13(15)18)16(21)19-6-8-20(9-7-19)17(22)14-3-2-10-24-14;/h2-3,10,12-13,15H,4-9,11,18H2,1H3;1H/t12-,13-,15-;/m0./s1. The topological polar surface area (TPSA) is 89.0 Å². The summed E-state index contributed by atoms with van der Waals surface area (Å²) in [6.07, 6.45) is 3.75. The van der Waals surface area contributed by atoms with Crippen molar-refractivity contribution >= 4 is 24.2 Å². The van der Waals surface area contributed by atoms with Crippen molar-refractivity contribution in [2.45, 2.75) is 31.4 Å². The molecule has 0 bridgehead atoms. The average Bonchev–Trinajstić information content (AvgIpc) is 3.16. The van der Waals surface area contributed by atoms with Crippen LogP contribution in [-0.4, -0.2) is 67.0 Å². The van der Waals surface area contributed by atoms with Gasteiger partial charge in [0, 0.05) is 45.2 Å². The lowest BCUT2D eigenvalue weighted by Crippen LogP contribution is -2.53. The molecule has 3 atom stereocenters. The van der Waals surface area contributed by atoms with Crippen LogP contribution in [-0.2, 0) is 9.53 Å². The van der Waals surface area contributed by atoms with Gasteiger partial charge in [0.05, 0.1) is 12.4 Å². The van der Waals surface area contributed by atoms with Crippen LogP contribution in [0.1, 0.15) is 29.8 Å². The predicted molar refractivity (Wildman–Crippen MR) is 94.6 cm³/mol. The van der Waals surface area contributed by atoms with Crippen molar-refractivity contribution < 1.29 is 18.7 Å². The van der Waals surface area contributed by atoms with Crippen LogP contribution in [0.5, 0.6) is 0 Å². The zero-order valence-electron chi connectivity index (χ0n) is 14.4. The van der Waals surface area contributed by atoms with E-state index in [1.54, 1.807) is 24.1 Å². The van der Waals surface area contributed by atoms with Gasteiger partial charge in [-0.05, 0) is 31.4 Å². The van der Waals surface area contributed by atoms with E-state index in [9.17, 15) is 9.59 Å². The third-order valence-corrected chi connectivity index (χ3v) is 5.11. The maximum Gasteiger partial charge on any atom is 0.289 e. The van der Waals surface area contributed by atoms with Gasteiger partial charge in [0.25, 0.3) is 5.91 Å². The lowest BCUT2D eigenvalue weighted by Gasteiger charge is -2.39. The molecule has 140 valence electrons. The van der Waals surface area contributed by atoms with E-state index in [1.807, 2.05) is 4.90 Å². The number of carbonyl (C=O) groups is 2. The number of piperazine rings is 1. The highest BCUT2D eigenvalue weighted by atomic mass is 35.5. The molecule has 0 radical (unpaired) electrons. The molecule has 1 aromatic heterocycles. The normalized spacial score (nSPS) is 26.9. The lowest BCUT2D eigenvalue weighted by molar-refractivity contribution is -0.140. The maximum absolute atomic E-state index is 12.7. The Balaban J connectivity index is 0.00000225. The van der Waals surface area contributed by atoms with Crippen molar-refractivity contribution in [1.82, 2.24) is 9.80 Å². The first-order chi connectivity index (χ1) is 11.6. The second-order valence-corrected chi connectivity index (χ2v) is 6.54. The number of halogens is 1. The monoisotopic (exact) mass is 371 g/mol. The van der Waals surface area contributed by atoms with Crippen LogP contribution in [0.2, 0.25) is 0 Å². The zero-order valence-corrected chi connectivity index (χ0v) is 15.2. The van der Waals surface area contributed by atoms with E-state index >= 15 is 0 Å². The Morgan fingerprint density at radius 3 is 2.48 bits per heavy atom. The average molecular weight is 372 g/mol. The molecule has 2 fully saturated rings. The first-order valence-corrected chi connectivity index (χ1v) is 8.50. The van der Waals surface area contributed by atoms with Crippen molar-refractivity contribution in [2.75, 3.05) is 33.3 Å². The minimum atomic E-state index is -0.116. The number of hydrogen-bond donors (Lipinski definition) is 1. The molecule has 2 aliphatic rings. The van der Waals surface area contributed by atoms with Gasteiger partial charge >= 0.3 is 0 Å². The van der Waals surface area contributed by atoms with Gasteiger partial charge in [0.15, 0.2) is 5.76 Å². The molecule has 3 rings (SSSR count). The van der Waals surface area contributed by atoms with Gasteiger partial charge in [-0.3, -0.25) is 9.59 Å². The smallest absolute Gasteiger partial charge is 0.289 e. The first-order valence-electron chi connectivity index (χ1n) is 8.50. The molecular formula is C17H26ClN3O4. The second-order valence-electron chi connectivity index (χ2n) is 6.54. The van der Waals surface area contributed by atoms with E-state index in [0.29, 0.717) is 38.4 Å². The number of nitrogens with two attached hydrogens (primary N) is 1. The Hall–Kier alpha value is -1.57. The number of methoxy groups -OCH3 is 1. The van der Waals surface area contributed by atoms with Crippen molar-refractivity contribution in [3.8, 4) is 0 Å². The minimum absolute atomic E-state index is 0. The van der Waals surface area contributed by atoms with Crippen molar-refractivity contribution in [3.05, 3.63) is 24.2 Å². The van der Waals surface area contributed by atoms with Crippen LogP contribution in [0.3, 0.4) is 0 Å². The van der Waals surface area contributed by atoms with E-state index in [-0.39, 0.29) is 42.3 Å². The van der Waals surface area contributed by atoms with Gasteiger partial charge in [0.1, 0.15) is 0 Å². The summed E-state index contributed by atoms with van der Waals surface area (Å²) in [7, 11) is 1.65. The molecule has 1 aliphatic heterocycles. The van der Waals surface area contributed by atoms with Crippen LogP contribution in [0.25, 0.3) is 0 Å². The summed E-state index contributed by atoms with van der Waals surface area (Å²) in [6.45, 7) is 2.19. The number of amides is 2. The molecule has 2 amide bonds. The number of ether oxygens (including phenoxy) is 1. The van der Waals surface area contributed by atoms with Crippen molar-refractivity contribution in [2.24, 2.45) is 11.7 Å². The van der Waals surface area contributed by atoms with Crippen LogP contribution >= 0.6 is 12.4 Å². The van der Waals surface area contributed by atoms with E-state index in [2.05, 4.69) is 0 Å². The van der Waals surface area contributed by atoms with Gasteiger partial charge in [-0.1, -0.05) is 0 Å². The van der Waals surface area contributed by atoms with E-state index < -0.39 is 0 Å². The largest absolute Gasteiger partial charge is 0.459 e. The van der Waals surface area contributed by atoms with Gasteiger partial charge in [-0.2, -0.15) is 0 Å². The quantitative estimate of drug-likeness (QED) is 0.860. The number of nitrogens with zero attached hydrogens (tertiary/aromatic N) is 2. The summed E-state index contributed by atoms with van der Waals surface area (Å²) in [4.78, 5) is 28.6. The van der Waals surface area contributed by atoms with Gasteiger partial charge < -0.3 is 24.7 Å². The number of furan rings is 1. The third kappa shape index (κ3) is 4.34. The molecule has 1 aromatic rings. The van der Waals surface area contributed by atoms with Crippen molar-refractivity contribution in [1.29, 1.82) is 0 Å². The van der Waals surface area contributed by atoms with Crippen LogP contribution in [0, 0.1) is 5.92 Å². The molecule has 25 heavy (non-hydrogen) atoms. The first kappa shape index (κ1) is 19.8. The number of hydrogen-bond acceptors (Lipinski definition) is 5. The molecule has 1 aliphatic carbocycles. The zero-order chi connectivity index (χ0) is 17.1.